The molecule has 1 heterocycles. The maximum atomic E-state index is 10.7. The fourth-order valence-corrected chi connectivity index (χ4v) is 2.29. The van der Waals surface area contributed by atoms with Crippen molar-refractivity contribution in [2.45, 2.75) is 25.9 Å². The molecule has 1 unspecified atom stereocenters. The molecule has 0 amide bonds. The lowest BCUT2D eigenvalue weighted by Crippen LogP contribution is -2.40. The molecule has 0 bridgehead atoms. The van der Waals surface area contributed by atoms with Gasteiger partial charge in [-0.25, -0.2) is 4.99 Å². The summed E-state index contributed by atoms with van der Waals surface area (Å²) in [6.45, 7) is 9.18. The third-order valence-electron chi connectivity index (χ3n) is 3.74. The fraction of sp³-hybridized carbons (Fsp3) is 0.350. The van der Waals surface area contributed by atoms with E-state index in [1.807, 2.05) is 49.4 Å². The van der Waals surface area contributed by atoms with Gasteiger partial charge in [-0.1, -0.05) is 42.5 Å². The number of aliphatic imine (C=N–C) groups is 1. The van der Waals surface area contributed by atoms with Gasteiger partial charge in [0, 0.05) is 19.5 Å². The van der Waals surface area contributed by atoms with Crippen LogP contribution in [0.25, 0.3) is 0 Å². The van der Waals surface area contributed by atoms with Gasteiger partial charge in [-0.05, 0) is 31.5 Å². The molecule has 2 aromatic rings. The molecule has 1 aromatic heterocycles. The molecule has 1 aromatic carbocycles. The monoisotopic (exact) mass is 341 g/mol. The predicted molar refractivity (Wildman–Crippen MR) is 102 cm³/mol. The van der Waals surface area contributed by atoms with E-state index in [9.17, 15) is 5.11 Å². The van der Waals surface area contributed by atoms with E-state index in [-0.39, 0.29) is 6.54 Å². The smallest absolute Gasteiger partial charge is 0.191 e. The van der Waals surface area contributed by atoms with Gasteiger partial charge in [-0.3, -0.25) is 0 Å². The molecule has 5 nitrogen and oxygen atoms in total. The van der Waals surface area contributed by atoms with Crippen LogP contribution in [0.15, 0.2) is 70.3 Å². The summed E-state index contributed by atoms with van der Waals surface area (Å²) in [5.41, 5.74) is 0.823. The molecule has 0 aliphatic heterocycles. The molecule has 0 saturated carbocycles. The minimum atomic E-state index is -1.03. The van der Waals surface area contributed by atoms with Crippen LogP contribution in [-0.2, 0) is 12.0 Å². The van der Waals surface area contributed by atoms with E-state index >= 15 is 0 Å². The second-order valence-electron chi connectivity index (χ2n) is 6.37. The third-order valence-corrected chi connectivity index (χ3v) is 3.74. The lowest BCUT2D eigenvalue weighted by molar-refractivity contribution is 0.0672. The zero-order chi connectivity index (χ0) is 18.1. The number of guanidine groups is 1. The van der Waals surface area contributed by atoms with Gasteiger partial charge in [0.1, 0.15) is 11.4 Å². The first-order chi connectivity index (χ1) is 12.0. The van der Waals surface area contributed by atoms with Crippen LogP contribution in [0.1, 0.15) is 25.2 Å². The molecule has 5 heteroatoms. The molecule has 2 rings (SSSR count). The van der Waals surface area contributed by atoms with E-state index in [0.717, 1.165) is 23.3 Å². The molecular formula is C20H27N3O2. The Balaban J connectivity index is 1.97. The topological polar surface area (TPSA) is 69.8 Å². The highest BCUT2D eigenvalue weighted by Crippen LogP contribution is 2.20. The fourth-order valence-electron chi connectivity index (χ4n) is 2.29. The summed E-state index contributed by atoms with van der Waals surface area (Å²) < 4.78 is 5.33. The summed E-state index contributed by atoms with van der Waals surface area (Å²) in [6, 6.07) is 13.4. The van der Waals surface area contributed by atoms with Crippen molar-refractivity contribution in [3.05, 3.63) is 72.2 Å². The van der Waals surface area contributed by atoms with Crippen LogP contribution >= 0.6 is 0 Å². The molecule has 0 saturated heterocycles. The van der Waals surface area contributed by atoms with Gasteiger partial charge in [-0.15, -0.1) is 0 Å². The van der Waals surface area contributed by atoms with Crippen molar-refractivity contribution in [3.8, 4) is 0 Å². The molecule has 3 N–H and O–H groups in total. The average molecular weight is 341 g/mol. The maximum Gasteiger partial charge on any atom is 0.191 e. The number of benzene rings is 1. The van der Waals surface area contributed by atoms with Crippen molar-refractivity contribution >= 4 is 5.96 Å². The Hall–Kier alpha value is -2.53. The normalized spacial score (nSPS) is 14.0. The summed E-state index contributed by atoms with van der Waals surface area (Å²) >= 11 is 0. The molecule has 0 spiro atoms. The lowest BCUT2D eigenvalue weighted by atomic mass is 9.96. The SMILES string of the molecule is C=C(C)CNC(=NCC(C)(O)c1ccccc1)NCCc1ccco1. The van der Waals surface area contributed by atoms with Gasteiger partial charge in [0.2, 0.25) is 0 Å². The van der Waals surface area contributed by atoms with Crippen molar-refractivity contribution in [2.24, 2.45) is 4.99 Å². The molecule has 0 aliphatic carbocycles. The number of aliphatic hydroxyl groups is 1. The predicted octanol–water partition coefficient (Wildman–Crippen LogP) is 2.84. The summed E-state index contributed by atoms with van der Waals surface area (Å²) in [5, 5.41) is 17.2. The number of nitrogens with one attached hydrogen (secondary N) is 2. The second-order valence-corrected chi connectivity index (χ2v) is 6.37. The Morgan fingerprint density at radius 2 is 1.96 bits per heavy atom. The number of nitrogens with zero attached hydrogens (tertiary/aromatic N) is 1. The first-order valence-electron chi connectivity index (χ1n) is 8.44. The zero-order valence-corrected chi connectivity index (χ0v) is 15.0. The Labute approximate surface area is 149 Å². The van der Waals surface area contributed by atoms with Crippen LogP contribution in [0.2, 0.25) is 0 Å². The Kier molecular flexibility index (Phi) is 6.83. The van der Waals surface area contributed by atoms with Crippen LogP contribution in [0, 0.1) is 0 Å². The van der Waals surface area contributed by atoms with Crippen LogP contribution in [-0.4, -0.2) is 30.7 Å². The van der Waals surface area contributed by atoms with Crippen LogP contribution in [0.3, 0.4) is 0 Å². The largest absolute Gasteiger partial charge is 0.469 e. The quantitative estimate of drug-likeness (QED) is 0.392. The first-order valence-corrected chi connectivity index (χ1v) is 8.44. The number of furan rings is 1. The zero-order valence-electron chi connectivity index (χ0n) is 15.0. The molecule has 0 radical (unpaired) electrons. The van der Waals surface area contributed by atoms with Gasteiger partial charge < -0.3 is 20.2 Å². The number of hydrogen-bond acceptors (Lipinski definition) is 3. The van der Waals surface area contributed by atoms with Gasteiger partial charge in [0.25, 0.3) is 0 Å². The Morgan fingerprint density at radius 3 is 2.60 bits per heavy atom. The van der Waals surface area contributed by atoms with Crippen molar-refractivity contribution in [2.75, 3.05) is 19.6 Å². The van der Waals surface area contributed by atoms with Crippen LogP contribution < -0.4 is 10.6 Å². The van der Waals surface area contributed by atoms with Crippen LogP contribution in [0.4, 0.5) is 0 Å². The van der Waals surface area contributed by atoms with E-state index < -0.39 is 5.60 Å². The first kappa shape index (κ1) is 18.8. The highest BCUT2D eigenvalue weighted by atomic mass is 16.3. The van der Waals surface area contributed by atoms with Gasteiger partial charge in [0.05, 0.1) is 12.8 Å². The van der Waals surface area contributed by atoms with E-state index in [1.165, 1.54) is 0 Å². The summed E-state index contributed by atoms with van der Waals surface area (Å²) in [6.07, 6.45) is 2.43. The van der Waals surface area contributed by atoms with Gasteiger partial charge >= 0.3 is 0 Å². The summed E-state index contributed by atoms with van der Waals surface area (Å²) in [7, 11) is 0. The molecule has 0 fully saturated rings. The van der Waals surface area contributed by atoms with Crippen LogP contribution in [0.5, 0.6) is 0 Å². The summed E-state index contributed by atoms with van der Waals surface area (Å²) in [4.78, 5) is 4.54. The highest BCUT2D eigenvalue weighted by Gasteiger charge is 2.22. The lowest BCUT2D eigenvalue weighted by Gasteiger charge is -2.22. The molecule has 25 heavy (non-hydrogen) atoms. The molecule has 134 valence electrons. The van der Waals surface area contributed by atoms with E-state index in [1.54, 1.807) is 13.2 Å². The minimum Gasteiger partial charge on any atom is -0.469 e. The highest BCUT2D eigenvalue weighted by molar-refractivity contribution is 5.80. The van der Waals surface area contributed by atoms with E-state index in [4.69, 9.17) is 4.42 Å². The van der Waals surface area contributed by atoms with Crippen molar-refractivity contribution < 1.29 is 9.52 Å². The summed E-state index contributed by atoms with van der Waals surface area (Å²) in [5.74, 6) is 1.56. The second kappa shape index (κ2) is 9.08. The Bertz CT molecular complexity index is 676. The van der Waals surface area contributed by atoms with Gasteiger partial charge in [0.15, 0.2) is 5.96 Å². The average Bonchev–Trinajstić information content (AvgIpc) is 3.11. The van der Waals surface area contributed by atoms with Crippen molar-refractivity contribution in [3.63, 3.8) is 0 Å². The third kappa shape index (κ3) is 6.47. The number of hydrogen-bond donors (Lipinski definition) is 3. The molecule has 1 atom stereocenters. The minimum absolute atomic E-state index is 0.253. The standard InChI is InChI=1S/C20H27N3O2/c1-16(2)14-22-19(21-12-11-18-10-7-13-25-18)23-15-20(3,24)17-8-5-4-6-9-17/h4-10,13,24H,1,11-12,14-15H2,2-3H3,(H2,21,22,23). The Morgan fingerprint density at radius 1 is 1.20 bits per heavy atom. The molecule has 0 aliphatic rings. The van der Waals surface area contributed by atoms with Crippen molar-refractivity contribution in [1.82, 2.24) is 10.6 Å². The molecular weight excluding hydrogens is 314 g/mol. The van der Waals surface area contributed by atoms with E-state index in [2.05, 4.69) is 22.2 Å². The van der Waals surface area contributed by atoms with Gasteiger partial charge in [-0.2, -0.15) is 0 Å². The van der Waals surface area contributed by atoms with Crippen molar-refractivity contribution in [1.29, 1.82) is 0 Å². The number of rotatable bonds is 8. The maximum absolute atomic E-state index is 10.7. The van der Waals surface area contributed by atoms with E-state index in [0.29, 0.717) is 19.0 Å².